The standard InChI is InChI=1S/C15H18N4O2/c1-21-14-15(6-12(20)11(19-15)7-16-14)13-9-4-2-3-5-10(9)17-8-18-13/h2-5,8,11-12,14,16,19-20H,6-7H2,1H3. The SMILES string of the molecule is COC1NCC2NC1(c1ncnc3ccccc13)CC2O. The van der Waals surface area contributed by atoms with E-state index in [0.29, 0.717) is 13.0 Å². The summed E-state index contributed by atoms with van der Waals surface area (Å²) in [6.07, 6.45) is 1.51. The summed E-state index contributed by atoms with van der Waals surface area (Å²) in [6.45, 7) is 0.685. The number of nitrogens with zero attached hydrogens (tertiary/aromatic N) is 2. The van der Waals surface area contributed by atoms with Gasteiger partial charge in [0.25, 0.3) is 0 Å². The fraction of sp³-hybridized carbons (Fsp3) is 0.467. The topological polar surface area (TPSA) is 79.3 Å². The van der Waals surface area contributed by atoms with Crippen LogP contribution in [0.25, 0.3) is 10.9 Å². The van der Waals surface area contributed by atoms with Gasteiger partial charge in [0.05, 0.1) is 17.3 Å². The molecule has 3 N–H and O–H groups in total. The number of benzene rings is 1. The van der Waals surface area contributed by atoms with E-state index in [2.05, 4.69) is 20.6 Å². The van der Waals surface area contributed by atoms with Crippen LogP contribution < -0.4 is 10.6 Å². The summed E-state index contributed by atoms with van der Waals surface area (Å²) in [4.78, 5) is 8.85. The average Bonchev–Trinajstić information content (AvgIpc) is 2.79. The van der Waals surface area contributed by atoms with Crippen molar-refractivity contribution in [2.45, 2.75) is 30.3 Å². The molecular formula is C15H18N4O2. The molecular weight excluding hydrogens is 268 g/mol. The molecule has 2 aliphatic rings. The lowest BCUT2D eigenvalue weighted by molar-refractivity contribution is -0.0197. The van der Waals surface area contributed by atoms with Gasteiger partial charge in [-0.2, -0.15) is 0 Å². The first-order chi connectivity index (χ1) is 10.2. The van der Waals surface area contributed by atoms with Crippen LogP contribution in [0.15, 0.2) is 30.6 Å². The summed E-state index contributed by atoms with van der Waals surface area (Å²) >= 11 is 0. The van der Waals surface area contributed by atoms with Crippen LogP contribution in [0.5, 0.6) is 0 Å². The molecule has 0 saturated carbocycles. The second kappa shape index (κ2) is 4.71. The first-order valence-corrected chi connectivity index (χ1v) is 7.17. The third-order valence-corrected chi connectivity index (χ3v) is 4.61. The summed E-state index contributed by atoms with van der Waals surface area (Å²) in [5.41, 5.74) is 1.25. The molecule has 6 nitrogen and oxygen atoms in total. The zero-order valence-corrected chi connectivity index (χ0v) is 11.8. The highest BCUT2D eigenvalue weighted by Crippen LogP contribution is 2.40. The number of rotatable bonds is 2. The van der Waals surface area contributed by atoms with Crippen molar-refractivity contribution >= 4 is 10.9 Å². The highest BCUT2D eigenvalue weighted by molar-refractivity contribution is 5.81. The Hall–Kier alpha value is -1.60. The molecule has 6 heteroatoms. The zero-order valence-electron chi connectivity index (χ0n) is 11.8. The summed E-state index contributed by atoms with van der Waals surface area (Å²) in [5.74, 6) is 0. The van der Waals surface area contributed by atoms with E-state index in [-0.39, 0.29) is 12.3 Å². The maximum Gasteiger partial charge on any atom is 0.132 e. The molecule has 2 fully saturated rings. The average molecular weight is 286 g/mol. The molecule has 0 aliphatic carbocycles. The number of methoxy groups -OCH3 is 1. The van der Waals surface area contributed by atoms with Crippen molar-refractivity contribution in [2.24, 2.45) is 0 Å². The van der Waals surface area contributed by atoms with E-state index in [0.717, 1.165) is 16.6 Å². The van der Waals surface area contributed by atoms with Crippen LogP contribution in [0.3, 0.4) is 0 Å². The Morgan fingerprint density at radius 2 is 2.19 bits per heavy atom. The minimum Gasteiger partial charge on any atom is -0.391 e. The fourth-order valence-corrected chi connectivity index (χ4v) is 3.67. The van der Waals surface area contributed by atoms with Crippen molar-refractivity contribution in [3.63, 3.8) is 0 Å². The Morgan fingerprint density at radius 3 is 3.05 bits per heavy atom. The molecule has 3 heterocycles. The minimum absolute atomic E-state index is 0.0186. The maximum atomic E-state index is 10.3. The lowest BCUT2D eigenvalue weighted by Gasteiger charge is -2.41. The van der Waals surface area contributed by atoms with Crippen LogP contribution in [0, 0.1) is 0 Å². The number of aliphatic hydroxyl groups is 1. The van der Waals surface area contributed by atoms with E-state index >= 15 is 0 Å². The van der Waals surface area contributed by atoms with E-state index in [1.807, 2.05) is 24.3 Å². The number of hydrogen-bond donors (Lipinski definition) is 3. The molecule has 4 unspecified atom stereocenters. The van der Waals surface area contributed by atoms with Crippen molar-refractivity contribution in [3.05, 3.63) is 36.3 Å². The summed E-state index contributed by atoms with van der Waals surface area (Å²) in [5, 5.41) is 18.2. The largest absolute Gasteiger partial charge is 0.391 e. The molecule has 1 aromatic heterocycles. The van der Waals surface area contributed by atoms with E-state index in [1.54, 1.807) is 13.4 Å². The van der Waals surface area contributed by atoms with Gasteiger partial charge in [0.2, 0.25) is 0 Å². The normalized spacial score (nSPS) is 35.2. The maximum absolute atomic E-state index is 10.3. The second-order valence-corrected chi connectivity index (χ2v) is 5.76. The molecule has 4 atom stereocenters. The smallest absolute Gasteiger partial charge is 0.132 e. The quantitative estimate of drug-likeness (QED) is 0.728. The Bertz CT molecular complexity index is 670. The van der Waals surface area contributed by atoms with Gasteiger partial charge in [0, 0.05) is 31.5 Å². The number of piperazine rings is 1. The highest BCUT2D eigenvalue weighted by atomic mass is 16.5. The lowest BCUT2D eigenvalue weighted by atomic mass is 9.87. The van der Waals surface area contributed by atoms with Crippen molar-refractivity contribution < 1.29 is 9.84 Å². The van der Waals surface area contributed by atoms with E-state index in [4.69, 9.17) is 4.74 Å². The monoisotopic (exact) mass is 286 g/mol. The third-order valence-electron chi connectivity index (χ3n) is 4.61. The number of para-hydroxylation sites is 1. The molecule has 4 rings (SSSR count). The molecule has 0 spiro atoms. The Kier molecular flexibility index (Phi) is 2.93. The number of aromatic nitrogens is 2. The number of ether oxygens (including phenoxy) is 1. The van der Waals surface area contributed by atoms with Gasteiger partial charge >= 0.3 is 0 Å². The number of aliphatic hydroxyl groups excluding tert-OH is 1. The molecule has 21 heavy (non-hydrogen) atoms. The summed E-state index contributed by atoms with van der Waals surface area (Å²) in [6, 6.07) is 7.95. The van der Waals surface area contributed by atoms with Crippen LogP contribution in [0.1, 0.15) is 12.1 Å². The van der Waals surface area contributed by atoms with Crippen molar-refractivity contribution in [2.75, 3.05) is 13.7 Å². The van der Waals surface area contributed by atoms with Gasteiger partial charge in [0.1, 0.15) is 18.1 Å². The van der Waals surface area contributed by atoms with Gasteiger partial charge in [-0.25, -0.2) is 9.97 Å². The van der Waals surface area contributed by atoms with Gasteiger partial charge in [-0.05, 0) is 6.07 Å². The van der Waals surface area contributed by atoms with E-state index < -0.39 is 11.6 Å². The van der Waals surface area contributed by atoms with Gasteiger partial charge in [-0.3, -0.25) is 10.6 Å². The van der Waals surface area contributed by atoms with Crippen molar-refractivity contribution in [1.82, 2.24) is 20.6 Å². The summed E-state index contributed by atoms with van der Waals surface area (Å²) in [7, 11) is 1.68. The van der Waals surface area contributed by atoms with Crippen molar-refractivity contribution in [3.8, 4) is 0 Å². The highest BCUT2D eigenvalue weighted by Gasteiger charge is 2.55. The predicted octanol–water partition coefficient (Wildman–Crippen LogP) is 0.124. The summed E-state index contributed by atoms with van der Waals surface area (Å²) < 4.78 is 5.63. The Balaban J connectivity index is 1.93. The third kappa shape index (κ3) is 1.80. The Labute approximate surface area is 122 Å². The van der Waals surface area contributed by atoms with Crippen LogP contribution >= 0.6 is 0 Å². The first kappa shape index (κ1) is 13.1. The van der Waals surface area contributed by atoms with Gasteiger partial charge in [-0.15, -0.1) is 0 Å². The van der Waals surface area contributed by atoms with E-state index in [1.165, 1.54) is 0 Å². The zero-order chi connectivity index (χ0) is 14.4. The first-order valence-electron chi connectivity index (χ1n) is 7.17. The molecule has 0 radical (unpaired) electrons. The molecule has 2 aromatic rings. The molecule has 2 bridgehead atoms. The van der Waals surface area contributed by atoms with E-state index in [9.17, 15) is 5.11 Å². The fourth-order valence-electron chi connectivity index (χ4n) is 3.67. The van der Waals surface area contributed by atoms with Gasteiger partial charge < -0.3 is 9.84 Å². The predicted molar refractivity (Wildman–Crippen MR) is 77.6 cm³/mol. The van der Waals surface area contributed by atoms with Crippen LogP contribution in [-0.2, 0) is 10.3 Å². The van der Waals surface area contributed by atoms with Crippen LogP contribution in [-0.4, -0.2) is 47.1 Å². The lowest BCUT2D eigenvalue weighted by Crippen LogP contribution is -2.64. The molecule has 2 saturated heterocycles. The van der Waals surface area contributed by atoms with Gasteiger partial charge in [-0.1, -0.05) is 18.2 Å². The number of fused-ring (bicyclic) bond motifs is 3. The van der Waals surface area contributed by atoms with Crippen LogP contribution in [0.4, 0.5) is 0 Å². The molecule has 0 amide bonds. The minimum atomic E-state index is -0.528. The van der Waals surface area contributed by atoms with Crippen LogP contribution in [0.2, 0.25) is 0 Å². The molecule has 110 valence electrons. The van der Waals surface area contributed by atoms with Gasteiger partial charge in [0.15, 0.2) is 0 Å². The van der Waals surface area contributed by atoms with Crippen molar-refractivity contribution in [1.29, 1.82) is 0 Å². The Morgan fingerprint density at radius 1 is 1.33 bits per heavy atom. The second-order valence-electron chi connectivity index (χ2n) is 5.76. The molecule has 1 aromatic carbocycles. The molecule has 2 aliphatic heterocycles. The number of hydrogen-bond acceptors (Lipinski definition) is 6. The number of nitrogens with one attached hydrogen (secondary N) is 2.